The molecule has 0 N–H and O–H groups in total. The number of methoxy groups -OCH3 is 2. The Morgan fingerprint density at radius 2 is 1.81 bits per heavy atom. The third-order valence-corrected chi connectivity index (χ3v) is 2.40. The van der Waals surface area contributed by atoms with Gasteiger partial charge in [-0.1, -0.05) is 23.2 Å². The SMILES string of the molecule is COC(=O)C=Cc1cc(Cl)c(OC)c(Cl)c1. The molecule has 0 atom stereocenters. The number of halogens is 2. The maximum atomic E-state index is 10.9. The Kier molecular flexibility index (Phi) is 4.65. The summed E-state index contributed by atoms with van der Waals surface area (Å²) < 4.78 is 9.46. The molecule has 1 aromatic carbocycles. The highest BCUT2D eigenvalue weighted by Crippen LogP contribution is 2.34. The van der Waals surface area contributed by atoms with Crippen molar-refractivity contribution in [3.05, 3.63) is 33.8 Å². The van der Waals surface area contributed by atoms with Crippen LogP contribution in [-0.4, -0.2) is 20.2 Å². The number of ether oxygens (including phenoxy) is 2. The highest BCUT2D eigenvalue weighted by atomic mass is 35.5. The monoisotopic (exact) mass is 260 g/mol. The van der Waals surface area contributed by atoms with Crippen LogP contribution in [0.5, 0.6) is 5.75 Å². The van der Waals surface area contributed by atoms with E-state index < -0.39 is 5.97 Å². The Balaban J connectivity index is 3.00. The lowest BCUT2D eigenvalue weighted by atomic mass is 10.2. The van der Waals surface area contributed by atoms with Gasteiger partial charge in [-0.15, -0.1) is 0 Å². The van der Waals surface area contributed by atoms with Gasteiger partial charge < -0.3 is 9.47 Å². The summed E-state index contributed by atoms with van der Waals surface area (Å²) in [5, 5.41) is 0.777. The number of rotatable bonds is 3. The Morgan fingerprint density at radius 1 is 1.25 bits per heavy atom. The Morgan fingerprint density at radius 3 is 2.25 bits per heavy atom. The summed E-state index contributed by atoms with van der Waals surface area (Å²) in [6, 6.07) is 3.29. The molecule has 3 nitrogen and oxygen atoms in total. The molecule has 0 fully saturated rings. The van der Waals surface area contributed by atoms with Crippen molar-refractivity contribution in [1.29, 1.82) is 0 Å². The zero-order valence-electron chi connectivity index (χ0n) is 8.79. The number of carbonyl (C=O) groups is 1. The van der Waals surface area contributed by atoms with Gasteiger partial charge in [0.1, 0.15) is 0 Å². The summed E-state index contributed by atoms with van der Waals surface area (Å²) in [4.78, 5) is 10.9. The lowest BCUT2D eigenvalue weighted by Crippen LogP contribution is -1.93. The van der Waals surface area contributed by atoms with Crippen LogP contribution in [0, 0.1) is 0 Å². The molecule has 0 bridgehead atoms. The van der Waals surface area contributed by atoms with Crippen LogP contribution in [0.3, 0.4) is 0 Å². The summed E-state index contributed by atoms with van der Waals surface area (Å²) >= 11 is 11.8. The number of carbonyl (C=O) groups excluding carboxylic acids is 1. The molecule has 0 radical (unpaired) electrons. The average Bonchev–Trinajstić information content (AvgIpc) is 2.25. The molecule has 0 heterocycles. The number of hydrogen-bond acceptors (Lipinski definition) is 3. The zero-order chi connectivity index (χ0) is 12.1. The first-order valence-corrected chi connectivity index (χ1v) is 5.13. The van der Waals surface area contributed by atoms with Crippen molar-refractivity contribution in [2.75, 3.05) is 14.2 Å². The minimum atomic E-state index is -0.442. The molecular weight excluding hydrogens is 251 g/mol. The van der Waals surface area contributed by atoms with Crippen LogP contribution in [0.25, 0.3) is 6.08 Å². The third kappa shape index (κ3) is 3.15. The van der Waals surface area contributed by atoms with Gasteiger partial charge in [-0.2, -0.15) is 0 Å². The molecule has 0 saturated heterocycles. The third-order valence-electron chi connectivity index (χ3n) is 1.84. The van der Waals surface area contributed by atoms with Gasteiger partial charge in [-0.3, -0.25) is 0 Å². The molecule has 86 valence electrons. The second kappa shape index (κ2) is 5.77. The van der Waals surface area contributed by atoms with Gasteiger partial charge in [-0.05, 0) is 23.8 Å². The van der Waals surface area contributed by atoms with Crippen LogP contribution in [0.4, 0.5) is 0 Å². The lowest BCUT2D eigenvalue weighted by molar-refractivity contribution is -0.134. The molecule has 5 heteroatoms. The van der Waals surface area contributed by atoms with Crippen LogP contribution in [-0.2, 0) is 9.53 Å². The van der Waals surface area contributed by atoms with E-state index in [4.69, 9.17) is 27.9 Å². The second-order valence-electron chi connectivity index (χ2n) is 2.87. The van der Waals surface area contributed by atoms with Crippen molar-refractivity contribution in [1.82, 2.24) is 0 Å². The van der Waals surface area contributed by atoms with Crippen LogP contribution < -0.4 is 4.74 Å². The first kappa shape index (κ1) is 12.9. The summed E-state index contributed by atoms with van der Waals surface area (Å²) in [6.45, 7) is 0. The topological polar surface area (TPSA) is 35.5 Å². The maximum absolute atomic E-state index is 10.9. The van der Waals surface area contributed by atoms with Crippen LogP contribution in [0.15, 0.2) is 18.2 Å². The fourth-order valence-corrected chi connectivity index (χ4v) is 1.76. The molecule has 16 heavy (non-hydrogen) atoms. The Hall–Kier alpha value is -1.19. The molecule has 1 aromatic rings. The van der Waals surface area contributed by atoms with E-state index in [-0.39, 0.29) is 0 Å². The molecule has 0 amide bonds. The van der Waals surface area contributed by atoms with E-state index in [0.717, 1.165) is 0 Å². The summed E-state index contributed by atoms with van der Waals surface area (Å²) in [7, 11) is 2.79. The molecule has 0 aliphatic carbocycles. The van der Waals surface area contributed by atoms with E-state index in [0.29, 0.717) is 21.4 Å². The normalized spacial score (nSPS) is 10.5. The zero-order valence-corrected chi connectivity index (χ0v) is 10.3. The summed E-state index contributed by atoms with van der Waals surface area (Å²) in [5.41, 5.74) is 0.696. The Labute approximate surface area is 104 Å². The van der Waals surface area contributed by atoms with Crippen LogP contribution >= 0.6 is 23.2 Å². The van der Waals surface area contributed by atoms with Crippen LogP contribution in [0.1, 0.15) is 5.56 Å². The minimum Gasteiger partial charge on any atom is -0.494 e. The molecule has 0 aliphatic rings. The molecule has 0 saturated carbocycles. The van der Waals surface area contributed by atoms with E-state index >= 15 is 0 Å². The highest BCUT2D eigenvalue weighted by Gasteiger charge is 2.07. The van der Waals surface area contributed by atoms with Gasteiger partial charge in [0, 0.05) is 6.08 Å². The molecule has 1 rings (SSSR count). The summed E-state index contributed by atoms with van der Waals surface area (Å²) in [6.07, 6.45) is 2.84. The first-order chi connectivity index (χ1) is 7.58. The van der Waals surface area contributed by atoms with Gasteiger partial charge >= 0.3 is 5.97 Å². The van der Waals surface area contributed by atoms with Crippen LogP contribution in [0.2, 0.25) is 10.0 Å². The van der Waals surface area contributed by atoms with Gasteiger partial charge in [-0.25, -0.2) is 4.79 Å². The van der Waals surface area contributed by atoms with E-state index in [1.807, 2.05) is 0 Å². The fraction of sp³-hybridized carbons (Fsp3) is 0.182. The molecule has 0 aliphatic heterocycles. The van der Waals surface area contributed by atoms with E-state index in [9.17, 15) is 4.79 Å². The van der Waals surface area contributed by atoms with Crippen molar-refractivity contribution >= 4 is 35.2 Å². The molecule has 0 spiro atoms. The van der Waals surface area contributed by atoms with Crippen molar-refractivity contribution < 1.29 is 14.3 Å². The standard InChI is InChI=1S/C11H10Cl2O3/c1-15-10(14)4-3-7-5-8(12)11(16-2)9(13)6-7/h3-6H,1-2H3. The maximum Gasteiger partial charge on any atom is 0.330 e. The molecular formula is C11H10Cl2O3. The fourth-order valence-electron chi connectivity index (χ4n) is 1.10. The van der Waals surface area contributed by atoms with Gasteiger partial charge in [0.05, 0.1) is 24.3 Å². The second-order valence-corrected chi connectivity index (χ2v) is 3.69. The number of esters is 1. The quantitative estimate of drug-likeness (QED) is 0.619. The minimum absolute atomic E-state index is 0.388. The summed E-state index contributed by atoms with van der Waals surface area (Å²) in [5.74, 6) is -0.0263. The largest absolute Gasteiger partial charge is 0.494 e. The van der Waals surface area contributed by atoms with Crippen molar-refractivity contribution in [2.45, 2.75) is 0 Å². The van der Waals surface area contributed by atoms with Crippen molar-refractivity contribution in [3.63, 3.8) is 0 Å². The lowest BCUT2D eigenvalue weighted by Gasteiger charge is -2.06. The molecule has 0 aromatic heterocycles. The van der Waals surface area contributed by atoms with Crippen molar-refractivity contribution in [3.8, 4) is 5.75 Å². The smallest absolute Gasteiger partial charge is 0.330 e. The van der Waals surface area contributed by atoms with E-state index in [2.05, 4.69) is 4.74 Å². The molecule has 0 unspecified atom stereocenters. The number of hydrogen-bond donors (Lipinski definition) is 0. The predicted molar refractivity (Wildman–Crippen MR) is 64.1 cm³/mol. The van der Waals surface area contributed by atoms with E-state index in [1.165, 1.54) is 20.3 Å². The van der Waals surface area contributed by atoms with Gasteiger partial charge in [0.2, 0.25) is 0 Å². The van der Waals surface area contributed by atoms with Crippen molar-refractivity contribution in [2.24, 2.45) is 0 Å². The van der Waals surface area contributed by atoms with Gasteiger partial charge in [0.25, 0.3) is 0 Å². The van der Waals surface area contributed by atoms with E-state index in [1.54, 1.807) is 18.2 Å². The first-order valence-electron chi connectivity index (χ1n) is 4.37. The number of benzene rings is 1. The Bertz CT molecular complexity index is 404. The highest BCUT2D eigenvalue weighted by molar-refractivity contribution is 6.37. The average molecular weight is 261 g/mol. The predicted octanol–water partition coefficient (Wildman–Crippen LogP) is 3.19. The van der Waals surface area contributed by atoms with Gasteiger partial charge in [0.15, 0.2) is 5.75 Å².